The second-order valence-corrected chi connectivity index (χ2v) is 3.07. The zero-order chi connectivity index (χ0) is 8.91. The summed E-state index contributed by atoms with van der Waals surface area (Å²) in [5.41, 5.74) is 0. The maximum absolute atomic E-state index is 10.0. The number of ether oxygens (including phenoxy) is 1. The van der Waals surface area contributed by atoms with E-state index in [1.807, 2.05) is 6.92 Å². The van der Waals surface area contributed by atoms with Crippen molar-refractivity contribution in [1.82, 2.24) is 0 Å². The van der Waals surface area contributed by atoms with Crippen LogP contribution < -0.4 is 0 Å². The lowest BCUT2D eigenvalue weighted by molar-refractivity contribution is 0.0535. The van der Waals surface area contributed by atoms with Gasteiger partial charge in [0.25, 0.3) is 0 Å². The molecule has 0 rings (SSSR count). The van der Waals surface area contributed by atoms with E-state index in [2.05, 4.69) is 4.18 Å². The molecule has 0 aliphatic rings. The van der Waals surface area contributed by atoms with Crippen LogP contribution in [0.4, 0.5) is 0 Å². The van der Waals surface area contributed by atoms with Crippen molar-refractivity contribution in [2.24, 2.45) is 0 Å². The lowest BCUT2D eigenvalue weighted by Crippen LogP contribution is -2.19. The molecule has 6 heteroatoms. The van der Waals surface area contributed by atoms with E-state index in [0.717, 1.165) is 0 Å². The van der Waals surface area contributed by atoms with E-state index < -0.39 is 10.4 Å². The van der Waals surface area contributed by atoms with Gasteiger partial charge in [-0.15, -0.1) is 0 Å². The van der Waals surface area contributed by atoms with Crippen molar-refractivity contribution in [1.29, 1.82) is 0 Å². The Morgan fingerprint density at radius 3 is 2.36 bits per heavy atom. The first-order valence-electron chi connectivity index (χ1n) is 3.14. The third kappa shape index (κ3) is 6.24. The average Bonchev–Trinajstić information content (AvgIpc) is 1.88. The molecule has 11 heavy (non-hydrogen) atoms. The fourth-order valence-electron chi connectivity index (χ4n) is 0.514. The third-order valence-corrected chi connectivity index (χ3v) is 1.63. The van der Waals surface area contributed by atoms with E-state index in [0.29, 0.717) is 6.42 Å². The van der Waals surface area contributed by atoms with Crippen LogP contribution in [0, 0.1) is 0 Å². The smallest absolute Gasteiger partial charge is 0.379 e. The highest BCUT2D eigenvalue weighted by Gasteiger charge is 2.10. The van der Waals surface area contributed by atoms with Crippen molar-refractivity contribution in [3.63, 3.8) is 0 Å². The molecular formula is C5H12O5S. The summed E-state index contributed by atoms with van der Waals surface area (Å²) in [6, 6.07) is 0. The highest BCUT2D eigenvalue weighted by atomic mass is 32.3. The van der Waals surface area contributed by atoms with Gasteiger partial charge >= 0.3 is 10.4 Å². The predicted octanol–water partition coefficient (Wildman–Crippen LogP) is 0.231. The topological polar surface area (TPSA) is 72.8 Å². The van der Waals surface area contributed by atoms with Crippen LogP contribution in [0.1, 0.15) is 13.3 Å². The van der Waals surface area contributed by atoms with Crippen LogP contribution in [0.15, 0.2) is 0 Å². The molecule has 0 aliphatic heterocycles. The molecule has 0 aromatic rings. The molecule has 0 saturated heterocycles. The molecule has 0 aromatic carbocycles. The molecule has 0 amide bonds. The fourth-order valence-corrected chi connectivity index (χ4v) is 0.838. The summed E-state index contributed by atoms with van der Waals surface area (Å²) in [5.74, 6) is 0. The van der Waals surface area contributed by atoms with E-state index in [-0.39, 0.29) is 12.7 Å². The molecule has 5 nitrogen and oxygen atoms in total. The van der Waals surface area contributed by atoms with Gasteiger partial charge in [0.2, 0.25) is 0 Å². The molecule has 0 bridgehead atoms. The SMILES string of the molecule is CCC(COS(=O)(=O)O)OC. The van der Waals surface area contributed by atoms with Crippen molar-refractivity contribution >= 4 is 10.4 Å². The molecule has 0 aromatic heterocycles. The molecule has 0 spiro atoms. The van der Waals surface area contributed by atoms with Gasteiger partial charge < -0.3 is 4.74 Å². The molecule has 68 valence electrons. The largest absolute Gasteiger partial charge is 0.397 e. The van der Waals surface area contributed by atoms with Gasteiger partial charge in [0.15, 0.2) is 0 Å². The van der Waals surface area contributed by atoms with Crippen LogP contribution >= 0.6 is 0 Å². The minimum absolute atomic E-state index is 0.147. The maximum atomic E-state index is 10.0. The molecule has 1 atom stereocenters. The maximum Gasteiger partial charge on any atom is 0.397 e. The Hall–Kier alpha value is -0.170. The van der Waals surface area contributed by atoms with Gasteiger partial charge in [-0.2, -0.15) is 8.42 Å². The van der Waals surface area contributed by atoms with E-state index in [1.54, 1.807) is 0 Å². The number of methoxy groups -OCH3 is 1. The van der Waals surface area contributed by atoms with Gasteiger partial charge in [-0.1, -0.05) is 6.92 Å². The van der Waals surface area contributed by atoms with Gasteiger partial charge in [-0.05, 0) is 6.42 Å². The monoisotopic (exact) mass is 184 g/mol. The van der Waals surface area contributed by atoms with Crippen molar-refractivity contribution in [2.75, 3.05) is 13.7 Å². The van der Waals surface area contributed by atoms with Gasteiger partial charge in [-0.25, -0.2) is 4.18 Å². The zero-order valence-corrected chi connectivity index (χ0v) is 7.30. The van der Waals surface area contributed by atoms with Crippen LogP contribution in [0.25, 0.3) is 0 Å². The van der Waals surface area contributed by atoms with Crippen LogP contribution in [-0.4, -0.2) is 32.8 Å². The molecule has 0 fully saturated rings. The Labute approximate surface area is 66.3 Å². The second-order valence-electron chi connectivity index (χ2n) is 1.98. The number of rotatable bonds is 5. The molecular weight excluding hydrogens is 172 g/mol. The molecule has 0 heterocycles. The Morgan fingerprint density at radius 2 is 2.09 bits per heavy atom. The quantitative estimate of drug-likeness (QED) is 0.619. The Balaban J connectivity index is 3.69. The highest BCUT2D eigenvalue weighted by molar-refractivity contribution is 7.80. The summed E-state index contributed by atoms with van der Waals surface area (Å²) in [7, 11) is -2.87. The van der Waals surface area contributed by atoms with Crippen LogP contribution in [0.3, 0.4) is 0 Å². The minimum Gasteiger partial charge on any atom is -0.379 e. The molecule has 1 N–H and O–H groups in total. The standard InChI is InChI=1S/C5H12O5S/c1-3-5(9-2)4-10-11(6,7)8/h5H,3-4H2,1-2H3,(H,6,7,8). The third-order valence-electron chi connectivity index (χ3n) is 1.19. The summed E-state index contributed by atoms with van der Waals surface area (Å²) in [6.45, 7) is 1.67. The van der Waals surface area contributed by atoms with Crippen LogP contribution in [0.2, 0.25) is 0 Å². The van der Waals surface area contributed by atoms with Gasteiger partial charge in [0.1, 0.15) is 0 Å². The Bertz CT molecular complexity index is 181. The normalized spacial score (nSPS) is 14.8. The van der Waals surface area contributed by atoms with Crippen LogP contribution in [0.5, 0.6) is 0 Å². The summed E-state index contributed by atoms with van der Waals surface area (Å²) < 4.78 is 37.1. The second kappa shape index (κ2) is 4.66. The summed E-state index contributed by atoms with van der Waals surface area (Å²) >= 11 is 0. The summed E-state index contributed by atoms with van der Waals surface area (Å²) in [5, 5.41) is 0. The first-order chi connectivity index (χ1) is 4.99. The van der Waals surface area contributed by atoms with E-state index >= 15 is 0 Å². The molecule has 0 aliphatic carbocycles. The fraction of sp³-hybridized carbons (Fsp3) is 1.00. The van der Waals surface area contributed by atoms with E-state index in [9.17, 15) is 8.42 Å². The van der Waals surface area contributed by atoms with E-state index in [1.165, 1.54) is 7.11 Å². The Morgan fingerprint density at radius 1 is 1.55 bits per heavy atom. The lowest BCUT2D eigenvalue weighted by atomic mass is 10.3. The first kappa shape index (κ1) is 10.8. The van der Waals surface area contributed by atoms with Crippen molar-refractivity contribution < 1.29 is 21.9 Å². The van der Waals surface area contributed by atoms with Gasteiger partial charge in [0.05, 0.1) is 12.7 Å². The van der Waals surface area contributed by atoms with Crippen LogP contribution in [-0.2, 0) is 19.3 Å². The number of hydrogen-bond donors (Lipinski definition) is 1. The van der Waals surface area contributed by atoms with Crippen molar-refractivity contribution in [2.45, 2.75) is 19.4 Å². The average molecular weight is 184 g/mol. The summed E-state index contributed by atoms with van der Waals surface area (Å²) in [6.07, 6.45) is 0.336. The molecule has 0 saturated carbocycles. The van der Waals surface area contributed by atoms with Crippen molar-refractivity contribution in [3.8, 4) is 0 Å². The first-order valence-corrected chi connectivity index (χ1v) is 4.50. The summed E-state index contributed by atoms with van der Waals surface area (Å²) in [4.78, 5) is 0. The predicted molar refractivity (Wildman–Crippen MR) is 38.6 cm³/mol. The number of hydrogen-bond acceptors (Lipinski definition) is 4. The zero-order valence-electron chi connectivity index (χ0n) is 6.48. The molecule has 1 unspecified atom stereocenters. The lowest BCUT2D eigenvalue weighted by Gasteiger charge is -2.10. The van der Waals surface area contributed by atoms with Crippen molar-refractivity contribution in [3.05, 3.63) is 0 Å². The van der Waals surface area contributed by atoms with Gasteiger partial charge in [-0.3, -0.25) is 4.55 Å². The highest BCUT2D eigenvalue weighted by Crippen LogP contribution is 1.98. The molecule has 0 radical (unpaired) electrons. The minimum atomic E-state index is -4.32. The van der Waals surface area contributed by atoms with Gasteiger partial charge in [0, 0.05) is 7.11 Å². The van der Waals surface area contributed by atoms with E-state index in [4.69, 9.17) is 9.29 Å². The Kier molecular flexibility index (Phi) is 4.58.